The largest absolute Gasteiger partial charge is 0.129 e. The topological polar surface area (TPSA) is 0 Å². The molecule has 0 aliphatic rings. The molecule has 0 aromatic rings. The van der Waals surface area contributed by atoms with Crippen molar-refractivity contribution in [1.29, 1.82) is 0 Å². The summed E-state index contributed by atoms with van der Waals surface area (Å²) in [6, 6.07) is 0. The lowest BCUT2D eigenvalue weighted by atomic mass is 10.4. The molecule has 7 heavy (non-hydrogen) atoms. The van der Waals surface area contributed by atoms with Gasteiger partial charge in [0, 0.05) is 0 Å². The molecule has 0 heterocycles. The molecule has 0 heteroatoms. The zero-order chi connectivity index (χ0) is 5.54. The monoisotopic (exact) mass is 94.1 g/mol. The van der Waals surface area contributed by atoms with E-state index in [4.69, 9.17) is 0 Å². The van der Waals surface area contributed by atoms with E-state index in [2.05, 4.69) is 25.3 Å². The minimum Gasteiger partial charge on any atom is -0.129 e. The van der Waals surface area contributed by atoms with Crippen LogP contribution in [0.15, 0.2) is 30.5 Å². The minimum atomic E-state index is 1.08. The van der Waals surface area contributed by atoms with E-state index in [1.165, 1.54) is 0 Å². The maximum atomic E-state index is 3.40. The maximum Gasteiger partial charge on any atom is -0.0209 e. The van der Waals surface area contributed by atoms with E-state index in [9.17, 15) is 0 Å². The van der Waals surface area contributed by atoms with E-state index in [0.29, 0.717) is 0 Å². The van der Waals surface area contributed by atoms with Gasteiger partial charge in [0.2, 0.25) is 0 Å². The third kappa shape index (κ3) is 5.26. The zero-order valence-electron chi connectivity index (χ0n) is 4.65. The average molecular weight is 94.2 g/mol. The zero-order valence-corrected chi connectivity index (χ0v) is 4.65. The fourth-order valence-corrected chi connectivity index (χ4v) is 0.272. The van der Waals surface area contributed by atoms with E-state index in [0.717, 1.165) is 6.42 Å². The van der Waals surface area contributed by atoms with Crippen LogP contribution in [0.1, 0.15) is 13.3 Å². The summed E-state index contributed by atoms with van der Waals surface area (Å²) in [5, 5.41) is 0. The standard InChI is InChI=1S/C7H10/c1-3-5-7-6-4-2/h5-7H,1,4H2,2H3/b7-6-. The SMILES string of the molecule is C=C=C/C=C\CC. The van der Waals surface area contributed by atoms with Crippen molar-refractivity contribution in [3.8, 4) is 0 Å². The summed E-state index contributed by atoms with van der Waals surface area (Å²) in [6.45, 7) is 5.49. The normalized spacial score (nSPS) is 8.71. The number of rotatable bonds is 2. The summed E-state index contributed by atoms with van der Waals surface area (Å²) in [5.41, 5.74) is 2.64. The van der Waals surface area contributed by atoms with Crippen LogP contribution in [0.5, 0.6) is 0 Å². The van der Waals surface area contributed by atoms with Crippen LogP contribution in [0.2, 0.25) is 0 Å². The molecule has 0 aliphatic carbocycles. The average Bonchev–Trinajstić information content (AvgIpc) is 1.69. The Kier molecular flexibility index (Phi) is 4.70. The summed E-state index contributed by atoms with van der Waals surface area (Å²) in [5.74, 6) is 0. The number of hydrogen-bond acceptors (Lipinski definition) is 0. The summed E-state index contributed by atoms with van der Waals surface area (Å²) in [7, 11) is 0. The lowest BCUT2D eigenvalue weighted by Gasteiger charge is -1.68. The molecular formula is C7H10. The first-order chi connectivity index (χ1) is 3.41. The Balaban J connectivity index is 3.27. The van der Waals surface area contributed by atoms with Crippen molar-refractivity contribution in [3.05, 3.63) is 30.5 Å². The lowest BCUT2D eigenvalue weighted by molar-refractivity contribution is 1.22. The predicted molar refractivity (Wildman–Crippen MR) is 33.1 cm³/mol. The Hall–Kier alpha value is -0.740. The lowest BCUT2D eigenvalue weighted by Crippen LogP contribution is -1.47. The molecule has 0 saturated carbocycles. The van der Waals surface area contributed by atoms with Crippen molar-refractivity contribution >= 4 is 0 Å². The van der Waals surface area contributed by atoms with Crippen LogP contribution in [-0.4, -0.2) is 0 Å². The molecule has 0 radical (unpaired) electrons. The van der Waals surface area contributed by atoms with Crippen LogP contribution in [0.25, 0.3) is 0 Å². The quantitative estimate of drug-likeness (QED) is 0.364. The van der Waals surface area contributed by atoms with Crippen molar-refractivity contribution in [2.45, 2.75) is 13.3 Å². The fourth-order valence-electron chi connectivity index (χ4n) is 0.272. The van der Waals surface area contributed by atoms with Gasteiger partial charge in [0.05, 0.1) is 0 Å². The highest BCUT2D eigenvalue weighted by Crippen LogP contribution is 1.77. The van der Waals surface area contributed by atoms with Crippen LogP contribution in [-0.2, 0) is 0 Å². The molecule has 0 nitrogen and oxygen atoms in total. The van der Waals surface area contributed by atoms with Gasteiger partial charge in [-0.3, -0.25) is 0 Å². The van der Waals surface area contributed by atoms with Gasteiger partial charge in [-0.1, -0.05) is 25.7 Å². The molecule has 0 rings (SSSR count). The molecule has 0 unspecified atom stereocenters. The molecule has 0 saturated heterocycles. The van der Waals surface area contributed by atoms with Gasteiger partial charge in [0.15, 0.2) is 0 Å². The van der Waals surface area contributed by atoms with Crippen LogP contribution < -0.4 is 0 Å². The van der Waals surface area contributed by atoms with Crippen LogP contribution in [0.3, 0.4) is 0 Å². The molecule has 0 amide bonds. The molecule has 0 atom stereocenters. The highest BCUT2D eigenvalue weighted by Gasteiger charge is 1.56. The number of hydrogen-bond donors (Lipinski definition) is 0. The van der Waals surface area contributed by atoms with Crippen molar-refractivity contribution in [1.82, 2.24) is 0 Å². The minimum absolute atomic E-state index is 1.08. The second-order valence-corrected chi connectivity index (χ2v) is 1.21. The molecule has 0 spiro atoms. The van der Waals surface area contributed by atoms with Crippen molar-refractivity contribution in [3.63, 3.8) is 0 Å². The van der Waals surface area contributed by atoms with Gasteiger partial charge >= 0.3 is 0 Å². The second kappa shape index (κ2) is 5.26. The van der Waals surface area contributed by atoms with E-state index in [1.54, 1.807) is 6.08 Å². The smallest absolute Gasteiger partial charge is 0.0209 e. The maximum absolute atomic E-state index is 3.40. The fraction of sp³-hybridized carbons (Fsp3) is 0.286. The van der Waals surface area contributed by atoms with Crippen LogP contribution in [0, 0.1) is 0 Å². The van der Waals surface area contributed by atoms with Crippen molar-refractivity contribution in [2.24, 2.45) is 0 Å². The molecule has 0 bridgehead atoms. The summed E-state index contributed by atoms with van der Waals surface area (Å²) in [6.07, 6.45) is 6.87. The van der Waals surface area contributed by atoms with Gasteiger partial charge in [-0.2, -0.15) is 0 Å². The first-order valence-electron chi connectivity index (χ1n) is 2.42. The first-order valence-corrected chi connectivity index (χ1v) is 2.42. The highest BCUT2D eigenvalue weighted by molar-refractivity contribution is 4.99. The summed E-state index contributed by atoms with van der Waals surface area (Å²) >= 11 is 0. The number of allylic oxidation sites excluding steroid dienone is 3. The van der Waals surface area contributed by atoms with Crippen LogP contribution in [0.4, 0.5) is 0 Å². The van der Waals surface area contributed by atoms with E-state index >= 15 is 0 Å². The predicted octanol–water partition coefficient (Wildman–Crippen LogP) is 2.29. The highest BCUT2D eigenvalue weighted by atomic mass is 13.6. The molecule has 0 N–H and O–H groups in total. The third-order valence-corrected chi connectivity index (χ3v) is 0.586. The van der Waals surface area contributed by atoms with Gasteiger partial charge in [-0.05, 0) is 12.5 Å². The van der Waals surface area contributed by atoms with Crippen molar-refractivity contribution < 1.29 is 0 Å². The summed E-state index contributed by atoms with van der Waals surface area (Å²) < 4.78 is 0. The van der Waals surface area contributed by atoms with Crippen molar-refractivity contribution in [2.75, 3.05) is 0 Å². The Morgan fingerprint density at radius 1 is 1.71 bits per heavy atom. The Bertz CT molecular complexity index is 92.6. The molecule has 0 aromatic carbocycles. The second-order valence-electron chi connectivity index (χ2n) is 1.21. The first kappa shape index (κ1) is 6.26. The van der Waals surface area contributed by atoms with E-state index < -0.39 is 0 Å². The Labute approximate surface area is 44.9 Å². The van der Waals surface area contributed by atoms with E-state index in [1.807, 2.05) is 6.08 Å². The molecule has 0 aliphatic heterocycles. The summed E-state index contributed by atoms with van der Waals surface area (Å²) in [4.78, 5) is 0. The van der Waals surface area contributed by atoms with Gasteiger partial charge in [0.1, 0.15) is 0 Å². The molecule has 38 valence electrons. The Morgan fingerprint density at radius 2 is 2.43 bits per heavy atom. The van der Waals surface area contributed by atoms with Gasteiger partial charge in [-0.25, -0.2) is 0 Å². The van der Waals surface area contributed by atoms with Gasteiger partial charge in [-0.15, -0.1) is 5.73 Å². The third-order valence-electron chi connectivity index (χ3n) is 0.586. The van der Waals surface area contributed by atoms with Gasteiger partial charge < -0.3 is 0 Å². The van der Waals surface area contributed by atoms with Crippen LogP contribution >= 0.6 is 0 Å². The Morgan fingerprint density at radius 3 is 2.86 bits per heavy atom. The van der Waals surface area contributed by atoms with Gasteiger partial charge in [0.25, 0.3) is 0 Å². The molecule has 0 fully saturated rings. The molecular weight excluding hydrogens is 84.1 g/mol. The van der Waals surface area contributed by atoms with E-state index in [-0.39, 0.29) is 0 Å². The molecule has 0 aromatic heterocycles.